The number of ether oxygens (including phenoxy) is 1. The number of rotatable bonds is 4. The van der Waals surface area contributed by atoms with Crippen molar-refractivity contribution in [2.24, 2.45) is 5.41 Å². The van der Waals surface area contributed by atoms with Gasteiger partial charge >= 0.3 is 5.97 Å². The molecule has 2 aliphatic heterocycles. The molecule has 2 atom stereocenters. The summed E-state index contributed by atoms with van der Waals surface area (Å²) in [7, 11) is 0. The Kier molecular flexibility index (Phi) is 4.42. The summed E-state index contributed by atoms with van der Waals surface area (Å²) < 4.78 is 5.32. The molecule has 0 aromatic heterocycles. The fourth-order valence-electron chi connectivity index (χ4n) is 2.79. The first-order valence-electron chi connectivity index (χ1n) is 6.90. The van der Waals surface area contributed by atoms with Crippen LogP contribution in [0.15, 0.2) is 0 Å². The summed E-state index contributed by atoms with van der Waals surface area (Å²) >= 11 is 0. The van der Waals surface area contributed by atoms with Gasteiger partial charge in [0.2, 0.25) is 5.91 Å². The standard InChI is InChI=1S/C13H22N2O4/c1-2-13(12(17)18)3-5-15(9-13)11(16)7-10-8-19-6-4-14-10/h10,14H,2-9H2,1H3,(H,17,18). The molecule has 0 saturated carbocycles. The second-order valence-electron chi connectivity index (χ2n) is 5.43. The molecule has 0 aromatic carbocycles. The smallest absolute Gasteiger partial charge is 0.311 e. The van der Waals surface area contributed by atoms with Gasteiger partial charge in [-0.2, -0.15) is 0 Å². The van der Waals surface area contributed by atoms with Crippen LogP contribution >= 0.6 is 0 Å². The van der Waals surface area contributed by atoms with Gasteiger partial charge in [-0.1, -0.05) is 6.92 Å². The summed E-state index contributed by atoms with van der Waals surface area (Å²) in [6.45, 7) is 4.77. The highest BCUT2D eigenvalue weighted by atomic mass is 16.5. The fourth-order valence-corrected chi connectivity index (χ4v) is 2.79. The van der Waals surface area contributed by atoms with Gasteiger partial charge in [0, 0.05) is 32.1 Å². The highest BCUT2D eigenvalue weighted by Gasteiger charge is 2.44. The van der Waals surface area contributed by atoms with Crippen molar-refractivity contribution >= 4 is 11.9 Å². The van der Waals surface area contributed by atoms with Crippen LogP contribution in [0.1, 0.15) is 26.2 Å². The first-order chi connectivity index (χ1) is 9.07. The lowest BCUT2D eigenvalue weighted by molar-refractivity contribution is -0.148. The van der Waals surface area contributed by atoms with Gasteiger partial charge in [0.25, 0.3) is 0 Å². The van der Waals surface area contributed by atoms with Gasteiger partial charge in [-0.25, -0.2) is 0 Å². The summed E-state index contributed by atoms with van der Waals surface area (Å²) in [5.41, 5.74) is -0.744. The van der Waals surface area contributed by atoms with E-state index < -0.39 is 11.4 Å². The number of morpholine rings is 1. The Morgan fingerprint density at radius 1 is 1.53 bits per heavy atom. The number of carbonyl (C=O) groups excluding carboxylic acids is 1. The molecule has 2 unspecified atom stereocenters. The van der Waals surface area contributed by atoms with Crippen LogP contribution in [0, 0.1) is 5.41 Å². The van der Waals surface area contributed by atoms with E-state index in [2.05, 4.69) is 5.32 Å². The van der Waals surface area contributed by atoms with Gasteiger partial charge in [-0.05, 0) is 12.8 Å². The third-order valence-electron chi connectivity index (χ3n) is 4.26. The minimum Gasteiger partial charge on any atom is -0.481 e. The largest absolute Gasteiger partial charge is 0.481 e. The van der Waals surface area contributed by atoms with Gasteiger partial charge in [0.15, 0.2) is 0 Å². The van der Waals surface area contributed by atoms with Crippen LogP contribution in [0.4, 0.5) is 0 Å². The maximum atomic E-state index is 12.2. The van der Waals surface area contributed by atoms with Crippen molar-refractivity contribution in [2.45, 2.75) is 32.2 Å². The molecule has 6 heteroatoms. The third-order valence-corrected chi connectivity index (χ3v) is 4.26. The molecule has 2 fully saturated rings. The van der Waals surface area contributed by atoms with Crippen molar-refractivity contribution in [1.82, 2.24) is 10.2 Å². The molecule has 0 aromatic rings. The van der Waals surface area contributed by atoms with Gasteiger partial charge in [0.05, 0.1) is 18.6 Å². The Labute approximate surface area is 113 Å². The summed E-state index contributed by atoms with van der Waals surface area (Å²) in [5, 5.41) is 12.6. The SMILES string of the molecule is CCC1(C(=O)O)CCN(C(=O)CC2COCCN2)C1. The van der Waals surface area contributed by atoms with E-state index in [1.807, 2.05) is 6.92 Å². The predicted molar refractivity (Wildman–Crippen MR) is 68.8 cm³/mol. The first-order valence-corrected chi connectivity index (χ1v) is 6.90. The molecule has 6 nitrogen and oxygen atoms in total. The monoisotopic (exact) mass is 270 g/mol. The zero-order chi connectivity index (χ0) is 13.9. The summed E-state index contributed by atoms with van der Waals surface area (Å²) in [6.07, 6.45) is 1.51. The highest BCUT2D eigenvalue weighted by Crippen LogP contribution is 2.34. The van der Waals surface area contributed by atoms with Crippen molar-refractivity contribution in [1.29, 1.82) is 0 Å². The number of carboxylic acids is 1. The summed E-state index contributed by atoms with van der Waals surface area (Å²) in [6, 6.07) is 0.0581. The minimum absolute atomic E-state index is 0.0274. The van der Waals surface area contributed by atoms with Crippen molar-refractivity contribution in [2.75, 3.05) is 32.8 Å². The second-order valence-corrected chi connectivity index (χ2v) is 5.43. The molecule has 2 saturated heterocycles. The molecule has 108 valence electrons. The maximum absolute atomic E-state index is 12.2. The predicted octanol–water partition coefficient (Wildman–Crippen LogP) is 0.0782. The molecule has 2 aliphatic rings. The van der Waals surface area contributed by atoms with Crippen LogP contribution in [0.25, 0.3) is 0 Å². The molecule has 0 aliphatic carbocycles. The van der Waals surface area contributed by atoms with E-state index in [1.165, 1.54) is 0 Å². The van der Waals surface area contributed by atoms with Gasteiger partial charge in [-0.3, -0.25) is 9.59 Å². The Morgan fingerprint density at radius 2 is 2.32 bits per heavy atom. The fraction of sp³-hybridized carbons (Fsp3) is 0.846. The molecule has 0 bridgehead atoms. The molecule has 2 heterocycles. The van der Waals surface area contributed by atoms with Gasteiger partial charge in [0.1, 0.15) is 0 Å². The Balaban J connectivity index is 1.89. The van der Waals surface area contributed by atoms with E-state index in [-0.39, 0.29) is 11.9 Å². The second kappa shape index (κ2) is 5.88. The molecule has 1 amide bonds. The number of carbonyl (C=O) groups is 2. The zero-order valence-electron chi connectivity index (χ0n) is 11.4. The number of amides is 1. The Bertz CT molecular complexity index is 355. The van der Waals surface area contributed by atoms with Crippen molar-refractivity contribution in [3.63, 3.8) is 0 Å². The van der Waals surface area contributed by atoms with Crippen LogP contribution < -0.4 is 5.32 Å². The van der Waals surface area contributed by atoms with E-state index in [0.717, 1.165) is 6.54 Å². The highest BCUT2D eigenvalue weighted by molar-refractivity contribution is 5.81. The summed E-state index contributed by atoms with van der Waals surface area (Å²) in [5.74, 6) is -0.760. The normalized spacial score (nSPS) is 31.4. The van der Waals surface area contributed by atoms with E-state index >= 15 is 0 Å². The van der Waals surface area contributed by atoms with Crippen LogP contribution in [0.5, 0.6) is 0 Å². The number of aliphatic carboxylic acids is 1. The minimum atomic E-state index is -0.788. The van der Waals surface area contributed by atoms with Crippen LogP contribution in [0.3, 0.4) is 0 Å². The number of nitrogens with one attached hydrogen (secondary N) is 1. The molecule has 2 N–H and O–H groups in total. The van der Waals surface area contributed by atoms with E-state index in [1.54, 1.807) is 4.90 Å². The van der Waals surface area contributed by atoms with Crippen molar-refractivity contribution < 1.29 is 19.4 Å². The molecule has 0 radical (unpaired) electrons. The maximum Gasteiger partial charge on any atom is 0.311 e. The summed E-state index contributed by atoms with van der Waals surface area (Å²) in [4.78, 5) is 25.2. The number of hydrogen-bond acceptors (Lipinski definition) is 4. The molecule has 19 heavy (non-hydrogen) atoms. The van der Waals surface area contributed by atoms with Crippen LogP contribution in [-0.2, 0) is 14.3 Å². The van der Waals surface area contributed by atoms with Gasteiger partial charge < -0.3 is 20.1 Å². The van der Waals surface area contributed by atoms with Crippen LogP contribution in [0.2, 0.25) is 0 Å². The molecular weight excluding hydrogens is 248 g/mol. The van der Waals surface area contributed by atoms with E-state index in [4.69, 9.17) is 4.74 Å². The quantitative estimate of drug-likeness (QED) is 0.756. The average molecular weight is 270 g/mol. The zero-order valence-corrected chi connectivity index (χ0v) is 11.4. The topological polar surface area (TPSA) is 78.9 Å². The van der Waals surface area contributed by atoms with Crippen LogP contribution in [-0.4, -0.2) is 60.8 Å². The van der Waals surface area contributed by atoms with E-state index in [0.29, 0.717) is 45.6 Å². The first kappa shape index (κ1) is 14.3. The number of nitrogens with zero attached hydrogens (tertiary/aromatic N) is 1. The van der Waals surface area contributed by atoms with Crippen molar-refractivity contribution in [3.8, 4) is 0 Å². The Morgan fingerprint density at radius 3 is 2.84 bits per heavy atom. The lowest BCUT2D eigenvalue weighted by Crippen LogP contribution is -2.45. The van der Waals surface area contributed by atoms with E-state index in [9.17, 15) is 14.7 Å². The molecule has 2 rings (SSSR count). The van der Waals surface area contributed by atoms with Crippen molar-refractivity contribution in [3.05, 3.63) is 0 Å². The molecule has 0 spiro atoms. The molecular formula is C13H22N2O4. The van der Waals surface area contributed by atoms with Gasteiger partial charge in [-0.15, -0.1) is 0 Å². The number of hydrogen-bond donors (Lipinski definition) is 2. The number of likely N-dealkylation sites (tertiary alicyclic amines) is 1. The Hall–Kier alpha value is -1.14. The lowest BCUT2D eigenvalue weighted by Gasteiger charge is -2.27. The third kappa shape index (κ3) is 3.06. The number of carboxylic acid groups (broad SMARTS) is 1. The lowest BCUT2D eigenvalue weighted by atomic mass is 9.84. The average Bonchev–Trinajstić information content (AvgIpc) is 2.86.